The van der Waals surface area contributed by atoms with Crippen molar-refractivity contribution < 1.29 is 22.7 Å². The number of hydrogen-bond donors (Lipinski definition) is 1. The molecule has 2 fully saturated rings. The molecule has 1 heterocycles. The summed E-state index contributed by atoms with van der Waals surface area (Å²) in [6, 6.07) is 4.27. The molecule has 1 aliphatic carbocycles. The molecule has 2 N–H and O–H groups in total. The summed E-state index contributed by atoms with van der Waals surface area (Å²) in [5.74, 6) is -0.232. The zero-order valence-corrected chi connectivity index (χ0v) is 14.4. The fourth-order valence-electron chi connectivity index (χ4n) is 2.96. The van der Waals surface area contributed by atoms with E-state index in [0.29, 0.717) is 19.8 Å². The van der Waals surface area contributed by atoms with Gasteiger partial charge in [-0.3, -0.25) is 4.79 Å². The number of nitrogens with zero attached hydrogens (tertiary/aromatic N) is 1. The van der Waals surface area contributed by atoms with E-state index in [9.17, 15) is 13.2 Å². The summed E-state index contributed by atoms with van der Waals surface area (Å²) in [6.07, 6.45) is 2.60. The van der Waals surface area contributed by atoms with Crippen molar-refractivity contribution in [3.05, 3.63) is 23.8 Å². The van der Waals surface area contributed by atoms with Gasteiger partial charge < -0.3 is 15.2 Å². The molecule has 1 saturated carbocycles. The maximum absolute atomic E-state index is 13.1. The molecule has 0 unspecified atom stereocenters. The third-order valence-electron chi connectivity index (χ3n) is 4.46. The Morgan fingerprint density at radius 2 is 2.12 bits per heavy atom. The van der Waals surface area contributed by atoms with Crippen LogP contribution in [0.5, 0.6) is 5.75 Å². The average Bonchev–Trinajstić information content (AvgIpc) is 3.27. The monoisotopic (exact) mass is 354 g/mol. The van der Waals surface area contributed by atoms with Crippen molar-refractivity contribution in [2.24, 2.45) is 11.7 Å². The van der Waals surface area contributed by atoms with Crippen molar-refractivity contribution in [1.29, 1.82) is 0 Å². The zero-order valence-electron chi connectivity index (χ0n) is 13.6. The van der Waals surface area contributed by atoms with Crippen molar-refractivity contribution in [3.8, 4) is 5.75 Å². The van der Waals surface area contributed by atoms with Crippen molar-refractivity contribution in [1.82, 2.24) is 4.31 Å². The van der Waals surface area contributed by atoms with Gasteiger partial charge in [0.15, 0.2) is 0 Å². The Bertz CT molecular complexity index is 724. The molecule has 3 rings (SSSR count). The number of benzene rings is 1. The van der Waals surface area contributed by atoms with Gasteiger partial charge in [0.1, 0.15) is 5.75 Å². The van der Waals surface area contributed by atoms with Gasteiger partial charge in [-0.05, 0) is 43.4 Å². The minimum atomic E-state index is -3.69. The molecule has 0 bridgehead atoms. The van der Waals surface area contributed by atoms with Gasteiger partial charge in [0.05, 0.1) is 24.2 Å². The number of hydrogen-bond acceptors (Lipinski definition) is 5. The number of ether oxygens (including phenoxy) is 2. The summed E-state index contributed by atoms with van der Waals surface area (Å²) in [5.41, 5.74) is 5.41. The van der Waals surface area contributed by atoms with Crippen LogP contribution in [0.3, 0.4) is 0 Å². The van der Waals surface area contributed by atoms with Crippen LogP contribution in [-0.2, 0) is 14.8 Å². The largest absolute Gasteiger partial charge is 0.496 e. The summed E-state index contributed by atoms with van der Waals surface area (Å²) >= 11 is 0. The lowest BCUT2D eigenvalue weighted by atomic mass is 10.1. The topological polar surface area (TPSA) is 98.9 Å². The summed E-state index contributed by atoms with van der Waals surface area (Å²) in [5, 5.41) is 0. The molecule has 0 aromatic heterocycles. The highest BCUT2D eigenvalue weighted by Gasteiger charge is 2.40. The van der Waals surface area contributed by atoms with Gasteiger partial charge in [0.25, 0.3) is 5.91 Å². The lowest BCUT2D eigenvalue weighted by Gasteiger charge is -2.24. The van der Waals surface area contributed by atoms with Crippen LogP contribution in [0.25, 0.3) is 0 Å². The highest BCUT2D eigenvalue weighted by atomic mass is 32.2. The molecular formula is C16H22N2O5S. The van der Waals surface area contributed by atoms with Gasteiger partial charge in [-0.2, -0.15) is 4.31 Å². The smallest absolute Gasteiger partial charge is 0.252 e. The van der Waals surface area contributed by atoms with E-state index >= 15 is 0 Å². The van der Waals surface area contributed by atoms with Crippen LogP contribution >= 0.6 is 0 Å². The maximum Gasteiger partial charge on any atom is 0.252 e. The predicted octanol–water partition coefficient (Wildman–Crippen LogP) is 0.984. The van der Waals surface area contributed by atoms with Gasteiger partial charge >= 0.3 is 0 Å². The van der Waals surface area contributed by atoms with Gasteiger partial charge in [-0.1, -0.05) is 0 Å². The minimum Gasteiger partial charge on any atom is -0.496 e. The second-order valence-corrected chi connectivity index (χ2v) is 8.15. The molecule has 0 spiro atoms. The van der Waals surface area contributed by atoms with Crippen LogP contribution in [0.2, 0.25) is 0 Å². The Morgan fingerprint density at radius 3 is 2.67 bits per heavy atom. The maximum atomic E-state index is 13.1. The quantitative estimate of drug-likeness (QED) is 0.787. The van der Waals surface area contributed by atoms with Crippen LogP contribution in [0.4, 0.5) is 0 Å². The van der Waals surface area contributed by atoms with Crippen molar-refractivity contribution in [3.63, 3.8) is 0 Å². The van der Waals surface area contributed by atoms with Gasteiger partial charge in [-0.15, -0.1) is 0 Å². The first-order valence-corrected chi connectivity index (χ1v) is 9.45. The average molecular weight is 354 g/mol. The van der Waals surface area contributed by atoms with E-state index in [1.807, 2.05) is 0 Å². The molecule has 1 aromatic carbocycles. The van der Waals surface area contributed by atoms with Crippen LogP contribution in [0, 0.1) is 5.92 Å². The van der Waals surface area contributed by atoms with Gasteiger partial charge in [-0.25, -0.2) is 8.42 Å². The first-order chi connectivity index (χ1) is 11.4. The van der Waals surface area contributed by atoms with Crippen LogP contribution < -0.4 is 10.5 Å². The van der Waals surface area contributed by atoms with E-state index in [4.69, 9.17) is 15.2 Å². The number of sulfonamides is 1. The molecule has 2 aliphatic rings. The zero-order chi connectivity index (χ0) is 17.3. The van der Waals surface area contributed by atoms with E-state index in [1.165, 1.54) is 25.3 Å². The third-order valence-corrected chi connectivity index (χ3v) is 6.37. The number of amides is 1. The minimum absolute atomic E-state index is 0.0368. The van der Waals surface area contributed by atoms with Gasteiger partial charge in [0.2, 0.25) is 10.0 Å². The van der Waals surface area contributed by atoms with Crippen LogP contribution in [0.15, 0.2) is 23.1 Å². The molecule has 1 aliphatic heterocycles. The molecule has 132 valence electrons. The Hall–Kier alpha value is -1.64. The number of carbonyl (C=O) groups excluding carboxylic acids is 1. The van der Waals surface area contributed by atoms with Gasteiger partial charge in [0, 0.05) is 19.2 Å². The molecule has 8 heteroatoms. The number of rotatable bonds is 7. The molecular weight excluding hydrogens is 332 g/mol. The van der Waals surface area contributed by atoms with Crippen molar-refractivity contribution in [2.75, 3.05) is 26.9 Å². The highest BCUT2D eigenvalue weighted by Crippen LogP contribution is 2.34. The second kappa shape index (κ2) is 6.70. The Balaban J connectivity index is 1.92. The summed E-state index contributed by atoms with van der Waals surface area (Å²) in [7, 11) is -2.28. The first kappa shape index (κ1) is 17.2. The second-order valence-electron chi connectivity index (χ2n) is 6.26. The van der Waals surface area contributed by atoms with E-state index in [0.717, 1.165) is 19.3 Å². The Morgan fingerprint density at radius 1 is 1.38 bits per heavy atom. The van der Waals surface area contributed by atoms with E-state index in [2.05, 4.69) is 0 Å². The normalized spacial score (nSPS) is 21.2. The van der Waals surface area contributed by atoms with Crippen LogP contribution in [0.1, 0.15) is 29.6 Å². The summed E-state index contributed by atoms with van der Waals surface area (Å²) in [4.78, 5) is 11.6. The highest BCUT2D eigenvalue weighted by molar-refractivity contribution is 7.89. The fraction of sp³-hybridized carbons (Fsp3) is 0.562. The third kappa shape index (κ3) is 3.40. The number of primary amides is 1. The SMILES string of the molecule is COc1ccc(S(=O)(=O)N(C[C@H]2CCOC2)C2CC2)cc1C(N)=O. The molecule has 0 radical (unpaired) electrons. The van der Waals surface area contributed by atoms with E-state index < -0.39 is 15.9 Å². The van der Waals surface area contributed by atoms with E-state index in [-0.39, 0.29) is 28.2 Å². The van der Waals surface area contributed by atoms with E-state index in [1.54, 1.807) is 4.31 Å². The molecule has 24 heavy (non-hydrogen) atoms. The summed E-state index contributed by atoms with van der Waals surface area (Å²) in [6.45, 7) is 1.72. The fourth-order valence-corrected chi connectivity index (χ4v) is 4.75. The molecule has 1 saturated heterocycles. The molecule has 1 aromatic rings. The Kier molecular flexibility index (Phi) is 4.80. The summed E-state index contributed by atoms with van der Waals surface area (Å²) < 4.78 is 38.1. The molecule has 7 nitrogen and oxygen atoms in total. The molecule has 1 amide bonds. The lowest BCUT2D eigenvalue weighted by Crippen LogP contribution is -2.37. The van der Waals surface area contributed by atoms with Crippen molar-refractivity contribution >= 4 is 15.9 Å². The van der Waals surface area contributed by atoms with Crippen LogP contribution in [-0.4, -0.2) is 51.5 Å². The van der Waals surface area contributed by atoms with Crippen molar-refractivity contribution in [2.45, 2.75) is 30.2 Å². The predicted molar refractivity (Wildman–Crippen MR) is 87.4 cm³/mol. The Labute approximate surface area is 141 Å². The first-order valence-electron chi connectivity index (χ1n) is 8.01. The number of nitrogens with two attached hydrogens (primary N) is 1. The number of methoxy groups -OCH3 is 1. The molecule has 1 atom stereocenters. The lowest BCUT2D eigenvalue weighted by molar-refractivity contribution is 0.0997. The standard InChI is InChI=1S/C16H22N2O5S/c1-22-15-5-4-13(8-14(15)16(17)19)24(20,21)18(12-2-3-12)9-11-6-7-23-10-11/h4-5,8,11-12H,2-3,6-7,9-10H2,1H3,(H2,17,19)/t11-/m1/s1. The number of carbonyl (C=O) groups is 1.